The van der Waals surface area contributed by atoms with Crippen LogP contribution < -0.4 is 5.32 Å². The van der Waals surface area contributed by atoms with Crippen LogP contribution in [0.3, 0.4) is 0 Å². The van der Waals surface area contributed by atoms with Gasteiger partial charge in [-0.1, -0.05) is 36.4 Å². The van der Waals surface area contributed by atoms with Crippen molar-refractivity contribution in [1.82, 2.24) is 15.1 Å². The zero-order valence-corrected chi connectivity index (χ0v) is 17.3. The maximum Gasteiger partial charge on any atom is 0.407 e. The van der Waals surface area contributed by atoms with E-state index < -0.39 is 0 Å². The van der Waals surface area contributed by atoms with E-state index in [1.165, 1.54) is 12.0 Å². The van der Waals surface area contributed by atoms with E-state index >= 15 is 0 Å². The van der Waals surface area contributed by atoms with Gasteiger partial charge in [-0.05, 0) is 61.8 Å². The van der Waals surface area contributed by atoms with Crippen molar-refractivity contribution in [2.24, 2.45) is 0 Å². The van der Waals surface area contributed by atoms with Crippen LogP contribution in [0, 0.1) is 0 Å². The van der Waals surface area contributed by atoms with E-state index in [1.807, 2.05) is 41.2 Å². The molecule has 1 aromatic heterocycles. The molecule has 1 saturated heterocycles. The number of unbranched alkanes of at least 4 members (excludes halogenated alkanes) is 1. The lowest BCUT2D eigenvalue weighted by molar-refractivity contribution is -0.0366. The second-order valence-corrected chi connectivity index (χ2v) is 7.75. The molecule has 0 radical (unpaired) electrons. The number of nitrogens with one attached hydrogen (secondary N) is 1. The lowest BCUT2D eigenvalue weighted by Crippen LogP contribution is -2.25. The van der Waals surface area contributed by atoms with Crippen LogP contribution in [-0.2, 0) is 22.5 Å². The summed E-state index contributed by atoms with van der Waals surface area (Å²) in [5.41, 5.74) is 3.41. The molecule has 1 unspecified atom stereocenters. The monoisotopic (exact) mass is 407 g/mol. The highest BCUT2D eigenvalue weighted by molar-refractivity contribution is 5.79. The number of benzene rings is 2. The standard InChI is InChI=1S/C24H29N3O3/c28-24(30-18-20-9-2-1-3-10-20)25-14-6-4-8-19-12-13-22-21(16-19)17-26-27(22)23-11-5-7-15-29-23/h1-3,9-10,12-13,16-17,23H,4-8,11,14-15,18H2,(H,25,28). The number of aromatic nitrogens is 2. The van der Waals surface area contributed by atoms with Crippen LogP contribution >= 0.6 is 0 Å². The third-order valence-corrected chi connectivity index (χ3v) is 5.46. The van der Waals surface area contributed by atoms with E-state index in [-0.39, 0.29) is 12.3 Å². The Morgan fingerprint density at radius 2 is 2.03 bits per heavy atom. The first-order valence-corrected chi connectivity index (χ1v) is 10.8. The first-order chi connectivity index (χ1) is 14.8. The highest BCUT2D eigenvalue weighted by Crippen LogP contribution is 2.26. The third-order valence-electron chi connectivity index (χ3n) is 5.46. The molecule has 1 aliphatic heterocycles. The normalized spacial score (nSPS) is 16.5. The molecule has 6 heteroatoms. The molecule has 1 atom stereocenters. The number of carbonyl (C=O) groups excluding carboxylic acids is 1. The minimum atomic E-state index is -0.363. The number of rotatable bonds is 8. The Labute approximate surface area is 177 Å². The molecule has 2 aromatic carbocycles. The Morgan fingerprint density at radius 3 is 2.87 bits per heavy atom. The van der Waals surface area contributed by atoms with Crippen molar-refractivity contribution >= 4 is 17.0 Å². The Hall–Kier alpha value is -2.86. The molecule has 0 aliphatic carbocycles. The van der Waals surface area contributed by atoms with Crippen LogP contribution in [0.5, 0.6) is 0 Å². The molecule has 0 saturated carbocycles. The molecule has 30 heavy (non-hydrogen) atoms. The quantitative estimate of drug-likeness (QED) is 0.535. The van der Waals surface area contributed by atoms with Gasteiger partial charge in [0.05, 0.1) is 11.7 Å². The highest BCUT2D eigenvalue weighted by atomic mass is 16.5. The highest BCUT2D eigenvalue weighted by Gasteiger charge is 2.18. The van der Waals surface area contributed by atoms with Gasteiger partial charge in [-0.25, -0.2) is 9.48 Å². The molecule has 6 nitrogen and oxygen atoms in total. The molecule has 3 aromatic rings. The van der Waals surface area contributed by atoms with E-state index in [4.69, 9.17) is 9.47 Å². The SMILES string of the molecule is O=C(NCCCCc1ccc2c(cnn2C2CCCCO2)c1)OCc1ccccc1. The van der Waals surface area contributed by atoms with Crippen LogP contribution in [0.1, 0.15) is 49.5 Å². The van der Waals surface area contributed by atoms with Gasteiger partial charge in [0.25, 0.3) is 0 Å². The lowest BCUT2D eigenvalue weighted by atomic mass is 10.1. The van der Waals surface area contributed by atoms with Crippen molar-refractivity contribution in [2.45, 2.75) is 51.4 Å². The van der Waals surface area contributed by atoms with Gasteiger partial charge < -0.3 is 14.8 Å². The number of nitrogens with zero attached hydrogens (tertiary/aromatic N) is 2. The summed E-state index contributed by atoms with van der Waals surface area (Å²) >= 11 is 0. The summed E-state index contributed by atoms with van der Waals surface area (Å²) in [5, 5.41) is 8.54. The van der Waals surface area contributed by atoms with Crippen LogP contribution in [0.15, 0.2) is 54.7 Å². The van der Waals surface area contributed by atoms with E-state index in [2.05, 4.69) is 28.6 Å². The lowest BCUT2D eigenvalue weighted by Gasteiger charge is -2.23. The first kappa shape index (κ1) is 20.4. The summed E-state index contributed by atoms with van der Waals surface area (Å²) in [6, 6.07) is 16.2. The Balaban J connectivity index is 1.18. The average molecular weight is 408 g/mol. The van der Waals surface area contributed by atoms with Gasteiger partial charge in [0, 0.05) is 18.5 Å². The zero-order chi connectivity index (χ0) is 20.6. The Morgan fingerprint density at radius 1 is 1.13 bits per heavy atom. The largest absolute Gasteiger partial charge is 0.445 e. The third kappa shape index (κ3) is 5.39. The minimum Gasteiger partial charge on any atom is -0.445 e. The van der Waals surface area contributed by atoms with Gasteiger partial charge in [-0.3, -0.25) is 0 Å². The van der Waals surface area contributed by atoms with Gasteiger partial charge in [-0.15, -0.1) is 0 Å². The summed E-state index contributed by atoms with van der Waals surface area (Å²) in [7, 11) is 0. The maximum atomic E-state index is 11.8. The van der Waals surface area contributed by atoms with Crippen molar-refractivity contribution in [3.05, 3.63) is 65.9 Å². The molecule has 0 spiro atoms. The summed E-state index contributed by atoms with van der Waals surface area (Å²) in [6.07, 6.45) is 7.88. The number of hydrogen-bond donors (Lipinski definition) is 1. The number of hydrogen-bond acceptors (Lipinski definition) is 4. The maximum absolute atomic E-state index is 11.8. The van der Waals surface area contributed by atoms with Gasteiger partial charge in [0.15, 0.2) is 6.23 Å². The molecule has 158 valence electrons. The fraction of sp³-hybridized carbons (Fsp3) is 0.417. The summed E-state index contributed by atoms with van der Waals surface area (Å²) in [5.74, 6) is 0. The first-order valence-electron chi connectivity index (χ1n) is 10.8. The van der Waals surface area contributed by atoms with Crippen molar-refractivity contribution in [3.8, 4) is 0 Å². The molecule has 4 rings (SSSR count). The van der Waals surface area contributed by atoms with E-state index in [0.717, 1.165) is 55.2 Å². The summed E-state index contributed by atoms with van der Waals surface area (Å²) in [6.45, 7) is 1.73. The smallest absolute Gasteiger partial charge is 0.407 e. The number of aryl methyl sites for hydroxylation is 1. The molecule has 1 aliphatic rings. The summed E-state index contributed by atoms with van der Waals surface area (Å²) in [4.78, 5) is 11.8. The second-order valence-electron chi connectivity index (χ2n) is 7.75. The van der Waals surface area contributed by atoms with Crippen molar-refractivity contribution in [1.29, 1.82) is 0 Å². The fourth-order valence-corrected chi connectivity index (χ4v) is 3.82. The average Bonchev–Trinajstić information content (AvgIpc) is 3.22. The van der Waals surface area contributed by atoms with Gasteiger partial charge in [0.2, 0.25) is 0 Å². The summed E-state index contributed by atoms with van der Waals surface area (Å²) < 4.78 is 13.1. The van der Waals surface area contributed by atoms with Crippen LogP contribution in [0.2, 0.25) is 0 Å². The van der Waals surface area contributed by atoms with Gasteiger partial charge >= 0.3 is 6.09 Å². The molecule has 1 fully saturated rings. The van der Waals surface area contributed by atoms with Crippen LogP contribution in [0.25, 0.3) is 10.9 Å². The molecular formula is C24H29N3O3. The predicted molar refractivity (Wildman–Crippen MR) is 116 cm³/mol. The van der Waals surface area contributed by atoms with Crippen molar-refractivity contribution in [2.75, 3.05) is 13.2 Å². The number of amides is 1. The van der Waals surface area contributed by atoms with Crippen molar-refractivity contribution in [3.63, 3.8) is 0 Å². The fourth-order valence-electron chi connectivity index (χ4n) is 3.82. The van der Waals surface area contributed by atoms with E-state index in [1.54, 1.807) is 0 Å². The van der Waals surface area contributed by atoms with E-state index in [9.17, 15) is 4.79 Å². The van der Waals surface area contributed by atoms with Crippen LogP contribution in [0.4, 0.5) is 4.79 Å². The second kappa shape index (κ2) is 10.3. The number of ether oxygens (including phenoxy) is 2. The van der Waals surface area contributed by atoms with E-state index in [0.29, 0.717) is 13.2 Å². The number of fused-ring (bicyclic) bond motifs is 1. The molecule has 1 amide bonds. The Bertz CT molecular complexity index is 949. The minimum absolute atomic E-state index is 0.0646. The number of carbonyl (C=O) groups is 1. The predicted octanol–water partition coefficient (Wildman–Crippen LogP) is 4.98. The zero-order valence-electron chi connectivity index (χ0n) is 17.3. The molecular weight excluding hydrogens is 378 g/mol. The molecule has 1 N–H and O–H groups in total. The van der Waals surface area contributed by atoms with Gasteiger partial charge in [0.1, 0.15) is 6.61 Å². The molecule has 0 bridgehead atoms. The topological polar surface area (TPSA) is 65.4 Å². The Kier molecular flexibility index (Phi) is 6.98. The van der Waals surface area contributed by atoms with Gasteiger partial charge in [-0.2, -0.15) is 5.10 Å². The molecule has 2 heterocycles. The van der Waals surface area contributed by atoms with Crippen LogP contribution in [-0.4, -0.2) is 29.0 Å². The number of alkyl carbamates (subject to hydrolysis) is 1. The van der Waals surface area contributed by atoms with Crippen molar-refractivity contribution < 1.29 is 14.3 Å².